The molecule has 0 aromatic carbocycles. The Hall–Kier alpha value is 0.218. The first-order valence-electron chi connectivity index (χ1n) is 2.18. The number of nitrogens with zero attached hydrogens (tertiary/aromatic N) is 1. The van der Waals surface area contributed by atoms with Gasteiger partial charge in [0.1, 0.15) is 0 Å². The molecule has 0 saturated carbocycles. The Bertz CT molecular complexity index is 236. The standard InChI is InChI=1S/C4H5N3PS.W/c5-3(6)2-1-7-4(8)9-2;/h8H2,(H3,5,6);/q-1;. The summed E-state index contributed by atoms with van der Waals surface area (Å²) in [5, 5.41) is 6.96. The number of hydrogen-bond donors (Lipinski definition) is 2. The van der Waals surface area contributed by atoms with Crippen LogP contribution in [0.1, 0.15) is 4.88 Å². The van der Waals surface area contributed by atoms with E-state index in [0.717, 1.165) is 4.75 Å². The van der Waals surface area contributed by atoms with E-state index < -0.39 is 0 Å². The smallest absolute Gasteiger partial charge is 0.0316 e. The van der Waals surface area contributed by atoms with E-state index in [1.54, 1.807) is 0 Å². The van der Waals surface area contributed by atoms with Crippen molar-refractivity contribution in [3.63, 3.8) is 0 Å². The molecule has 1 atom stereocenters. The van der Waals surface area contributed by atoms with Crippen molar-refractivity contribution in [2.75, 3.05) is 0 Å². The molecule has 0 aliphatic heterocycles. The summed E-state index contributed by atoms with van der Waals surface area (Å²) in [5.41, 5.74) is 5.14. The fourth-order valence-corrected chi connectivity index (χ4v) is 1.29. The third-order valence-corrected chi connectivity index (χ3v) is 2.02. The maximum Gasteiger partial charge on any atom is 0.0316 e. The van der Waals surface area contributed by atoms with Crippen LogP contribution in [0.15, 0.2) is 0 Å². The fraction of sp³-hybridized carbons (Fsp3) is 0. The van der Waals surface area contributed by atoms with E-state index in [1.165, 1.54) is 11.3 Å². The number of nitrogens with two attached hydrogens (primary N) is 1. The van der Waals surface area contributed by atoms with E-state index >= 15 is 0 Å². The van der Waals surface area contributed by atoms with Crippen molar-refractivity contribution in [3.05, 3.63) is 11.1 Å². The van der Waals surface area contributed by atoms with Gasteiger partial charge in [-0.3, -0.25) is 0 Å². The first-order valence-corrected chi connectivity index (χ1v) is 3.58. The summed E-state index contributed by atoms with van der Waals surface area (Å²) < 4.78 is 0.806. The summed E-state index contributed by atoms with van der Waals surface area (Å²) in [7, 11) is 2.42. The van der Waals surface area contributed by atoms with Crippen LogP contribution < -0.4 is 10.5 Å². The van der Waals surface area contributed by atoms with Crippen LogP contribution in [0.5, 0.6) is 0 Å². The Morgan fingerprint density at radius 3 is 2.60 bits per heavy atom. The van der Waals surface area contributed by atoms with E-state index in [4.69, 9.17) is 11.1 Å². The topological polar surface area (TPSA) is 62.8 Å². The van der Waals surface area contributed by atoms with Crippen molar-refractivity contribution in [2.45, 2.75) is 0 Å². The number of nitrogen functional groups attached to an aromatic ring is 1. The number of nitrogens with one attached hydrogen (secondary N) is 1. The molecular weight excluding hydrogens is 337 g/mol. The number of thiazole rings is 1. The Balaban J connectivity index is 0.000000810. The molecule has 1 aromatic heterocycles. The normalized spacial score (nSPS) is 8.50. The molecule has 0 fully saturated rings. The quantitative estimate of drug-likeness (QED) is 0.319. The van der Waals surface area contributed by atoms with Gasteiger partial charge in [0.05, 0.1) is 0 Å². The van der Waals surface area contributed by atoms with E-state index in [-0.39, 0.29) is 26.9 Å². The summed E-state index contributed by atoms with van der Waals surface area (Å²) >= 11 is 1.34. The predicted molar refractivity (Wildman–Crippen MR) is 41.3 cm³/mol. The summed E-state index contributed by atoms with van der Waals surface area (Å²) in [4.78, 5) is 4.37. The van der Waals surface area contributed by atoms with Crippen molar-refractivity contribution in [1.82, 2.24) is 4.98 Å². The molecule has 0 bridgehead atoms. The number of hydrogen-bond acceptors (Lipinski definition) is 3. The Morgan fingerprint density at radius 2 is 2.40 bits per heavy atom. The average Bonchev–Trinajstić information content (AvgIpc) is 2.14. The zero-order valence-corrected chi connectivity index (χ0v) is 9.82. The second-order valence-corrected chi connectivity index (χ2v) is 3.40. The monoisotopic (exact) mass is 342 g/mol. The van der Waals surface area contributed by atoms with E-state index in [1.807, 2.05) is 0 Å². The van der Waals surface area contributed by atoms with Gasteiger partial charge in [0.25, 0.3) is 0 Å². The molecule has 1 heterocycles. The zero-order valence-electron chi connectivity index (χ0n) is 4.92. The molecule has 10 heavy (non-hydrogen) atoms. The van der Waals surface area contributed by atoms with Crippen molar-refractivity contribution in [1.29, 1.82) is 5.41 Å². The predicted octanol–water partition coefficient (Wildman–Crippen LogP) is -0.275. The second-order valence-electron chi connectivity index (χ2n) is 1.41. The molecule has 6 heteroatoms. The summed E-state index contributed by atoms with van der Waals surface area (Å²) in [6, 6.07) is 0. The van der Waals surface area contributed by atoms with Crippen LogP contribution in [-0.4, -0.2) is 10.8 Å². The largest absolute Gasteiger partial charge is 0.433 e. The zero-order chi connectivity index (χ0) is 6.85. The minimum Gasteiger partial charge on any atom is -0.433 e. The van der Waals surface area contributed by atoms with Gasteiger partial charge in [-0.15, -0.1) is 9.24 Å². The molecule has 0 aliphatic rings. The third kappa shape index (κ3) is 2.45. The van der Waals surface area contributed by atoms with Gasteiger partial charge >= 0.3 is 0 Å². The minimum atomic E-state index is 0. The molecule has 0 radical (unpaired) electrons. The van der Waals surface area contributed by atoms with E-state index in [2.05, 4.69) is 20.4 Å². The van der Waals surface area contributed by atoms with Crippen LogP contribution in [0.2, 0.25) is 0 Å². The maximum atomic E-state index is 6.96. The van der Waals surface area contributed by atoms with Gasteiger partial charge < -0.3 is 16.1 Å². The van der Waals surface area contributed by atoms with Gasteiger partial charge in [-0.05, 0) is 4.88 Å². The van der Waals surface area contributed by atoms with E-state index in [0.29, 0.717) is 4.88 Å². The number of amidine groups is 1. The van der Waals surface area contributed by atoms with Crippen molar-refractivity contribution in [2.24, 2.45) is 5.73 Å². The van der Waals surface area contributed by atoms with Crippen molar-refractivity contribution in [3.8, 4) is 0 Å². The molecule has 0 saturated heterocycles. The van der Waals surface area contributed by atoms with Crippen LogP contribution in [-0.2, 0) is 21.1 Å². The Morgan fingerprint density at radius 1 is 1.80 bits per heavy atom. The number of aromatic nitrogens is 1. The van der Waals surface area contributed by atoms with Gasteiger partial charge in [0.2, 0.25) is 0 Å². The molecule has 3 N–H and O–H groups in total. The van der Waals surface area contributed by atoms with Gasteiger partial charge in [0, 0.05) is 31.6 Å². The molecule has 0 aliphatic carbocycles. The second kappa shape index (κ2) is 4.17. The molecule has 1 rings (SSSR count). The van der Waals surface area contributed by atoms with Crippen LogP contribution >= 0.6 is 20.6 Å². The molecule has 54 valence electrons. The third-order valence-electron chi connectivity index (χ3n) is 0.719. The average molecular weight is 342 g/mol. The van der Waals surface area contributed by atoms with E-state index in [9.17, 15) is 0 Å². The minimum absolute atomic E-state index is 0. The van der Waals surface area contributed by atoms with Crippen molar-refractivity contribution < 1.29 is 21.1 Å². The SMILES string of the molecule is N=C(N)c1[c-]nc(P)s1.[W]. The van der Waals surface area contributed by atoms with Crippen LogP contribution in [0.4, 0.5) is 0 Å². The molecule has 1 unspecified atom stereocenters. The molecule has 0 spiro atoms. The van der Waals surface area contributed by atoms with Gasteiger partial charge in [0.15, 0.2) is 0 Å². The molecule has 0 amide bonds. The van der Waals surface area contributed by atoms with Gasteiger partial charge in [-0.2, -0.15) is 0 Å². The summed E-state index contributed by atoms with van der Waals surface area (Å²) in [6.07, 6.45) is 2.60. The Kier molecular flexibility index (Phi) is 4.26. The summed E-state index contributed by atoms with van der Waals surface area (Å²) in [5.74, 6) is 0.0289. The first-order chi connectivity index (χ1) is 4.20. The first kappa shape index (κ1) is 10.2. The van der Waals surface area contributed by atoms with Crippen molar-refractivity contribution >= 4 is 31.2 Å². The fourth-order valence-electron chi connectivity index (χ4n) is 0.371. The molecule has 3 nitrogen and oxygen atoms in total. The van der Waals surface area contributed by atoms with Crippen LogP contribution in [0, 0.1) is 11.6 Å². The Labute approximate surface area is 79.4 Å². The summed E-state index contributed by atoms with van der Waals surface area (Å²) in [6.45, 7) is 0. The van der Waals surface area contributed by atoms with Gasteiger partial charge in [-0.25, -0.2) is 11.3 Å². The van der Waals surface area contributed by atoms with Crippen LogP contribution in [0.3, 0.4) is 0 Å². The number of rotatable bonds is 1. The molecular formula is C4H5N3PSW-. The molecule has 1 aromatic rings. The maximum absolute atomic E-state index is 6.96. The van der Waals surface area contributed by atoms with Crippen LogP contribution in [0.25, 0.3) is 0 Å². The van der Waals surface area contributed by atoms with Gasteiger partial charge in [-0.1, -0.05) is 6.20 Å².